The predicted octanol–water partition coefficient (Wildman–Crippen LogP) is 7.56. The molecule has 3 nitrogen and oxygen atoms in total. The summed E-state index contributed by atoms with van der Waals surface area (Å²) in [6.07, 6.45) is 16.3. The highest BCUT2D eigenvalue weighted by molar-refractivity contribution is 5.83. The van der Waals surface area contributed by atoms with Crippen molar-refractivity contribution < 1.29 is 9.38 Å². The molecule has 2 aromatic carbocycles. The van der Waals surface area contributed by atoms with Crippen LogP contribution in [0.5, 0.6) is 0 Å². The van der Waals surface area contributed by atoms with Gasteiger partial charge in [0.15, 0.2) is 0 Å². The summed E-state index contributed by atoms with van der Waals surface area (Å²) < 4.78 is 7.52. The summed E-state index contributed by atoms with van der Waals surface area (Å²) in [7, 11) is 0. The van der Waals surface area contributed by atoms with Gasteiger partial charge in [0.1, 0.15) is 0 Å². The van der Waals surface area contributed by atoms with Crippen molar-refractivity contribution in [3.8, 4) is 0 Å². The van der Waals surface area contributed by atoms with Gasteiger partial charge in [0.05, 0.1) is 30.3 Å². The lowest BCUT2D eigenvalue weighted by Gasteiger charge is -2.56. The Balaban J connectivity index is 1.15. The van der Waals surface area contributed by atoms with Gasteiger partial charge in [0.25, 0.3) is 0 Å². The second-order valence-corrected chi connectivity index (χ2v) is 13.3. The second-order valence-electron chi connectivity index (χ2n) is 13.3. The molecular weight excluding hydrogens is 442 g/mol. The minimum absolute atomic E-state index is 0.0548. The predicted molar refractivity (Wildman–Crippen MR) is 144 cm³/mol. The summed E-state index contributed by atoms with van der Waals surface area (Å²) in [6.45, 7) is 4.21. The van der Waals surface area contributed by atoms with Crippen molar-refractivity contribution in [1.29, 1.82) is 0 Å². The summed E-state index contributed by atoms with van der Waals surface area (Å²) in [5.41, 5.74) is 4.42. The van der Waals surface area contributed by atoms with E-state index in [1.165, 1.54) is 40.3 Å². The van der Waals surface area contributed by atoms with Crippen LogP contribution >= 0.6 is 0 Å². The maximum absolute atomic E-state index is 13.7. The molecule has 4 fully saturated rings. The summed E-state index contributed by atoms with van der Waals surface area (Å²) >= 11 is 0. The van der Waals surface area contributed by atoms with Crippen LogP contribution in [0.2, 0.25) is 0 Å². The van der Waals surface area contributed by atoms with Crippen LogP contribution in [0.4, 0.5) is 0 Å². The van der Waals surface area contributed by atoms with E-state index in [0.717, 1.165) is 64.5 Å². The first kappa shape index (κ1) is 22.1. The molecule has 8 rings (SSSR count). The lowest BCUT2D eigenvalue weighted by Crippen LogP contribution is -2.58. The molecule has 36 heavy (non-hydrogen) atoms. The van der Waals surface area contributed by atoms with Crippen molar-refractivity contribution in [3.63, 3.8) is 0 Å². The number of rotatable bonds is 2. The first-order valence-corrected chi connectivity index (χ1v) is 14.6. The normalized spacial score (nSPS) is 42.4. The average Bonchev–Trinajstić information content (AvgIpc) is 3.58. The summed E-state index contributed by atoms with van der Waals surface area (Å²) in [4.78, 5) is 0. The third-order valence-electron chi connectivity index (χ3n) is 11.8. The van der Waals surface area contributed by atoms with Crippen LogP contribution in [0, 0.1) is 16.5 Å². The van der Waals surface area contributed by atoms with Crippen molar-refractivity contribution in [2.75, 3.05) is 13.1 Å². The molecule has 0 aromatic heterocycles. The van der Waals surface area contributed by atoms with Gasteiger partial charge >= 0.3 is 0 Å². The number of hydroxylamine groups is 3. The number of allylic oxidation sites excluding steroid dienone is 1. The Morgan fingerprint density at radius 3 is 2.67 bits per heavy atom. The molecule has 6 aliphatic rings. The second kappa shape index (κ2) is 7.34. The van der Waals surface area contributed by atoms with E-state index in [4.69, 9.17) is 4.74 Å². The monoisotopic (exact) mass is 481 g/mol. The molecule has 3 heterocycles. The number of fused-ring (bicyclic) bond motifs is 2. The highest BCUT2D eigenvalue weighted by Gasteiger charge is 2.67. The Bertz CT molecular complexity index is 1300. The van der Waals surface area contributed by atoms with Gasteiger partial charge in [-0.1, -0.05) is 61.5 Å². The zero-order chi connectivity index (χ0) is 24.2. The SMILES string of the molecule is C[C@]12CC=C3C=C4CC[C@@H]([N+]5([O-])CCCC5)C[C@]45CC[C@]3(O5)[C@@H]1CC[C@@H]2c1ccc2ccccc2c1. The molecule has 2 saturated heterocycles. The van der Waals surface area contributed by atoms with E-state index in [9.17, 15) is 5.21 Å². The van der Waals surface area contributed by atoms with E-state index in [0.29, 0.717) is 11.8 Å². The smallest absolute Gasteiger partial charge is 0.0975 e. The van der Waals surface area contributed by atoms with Crippen molar-refractivity contribution in [2.45, 2.75) is 94.3 Å². The summed E-state index contributed by atoms with van der Waals surface area (Å²) in [5.74, 6) is 1.13. The van der Waals surface area contributed by atoms with Crippen molar-refractivity contribution >= 4 is 10.8 Å². The van der Waals surface area contributed by atoms with Gasteiger partial charge in [-0.15, -0.1) is 0 Å². The maximum Gasteiger partial charge on any atom is 0.0975 e. The fraction of sp³-hybridized carbons (Fsp3) is 0.576. The Hall–Kier alpha value is -1.94. The zero-order valence-corrected chi connectivity index (χ0v) is 21.7. The Kier molecular flexibility index (Phi) is 4.50. The number of likely N-dealkylation sites (tertiary alicyclic amines) is 1. The number of ether oxygens (including phenoxy) is 1. The number of benzene rings is 2. The molecule has 2 bridgehead atoms. The van der Waals surface area contributed by atoms with E-state index in [-0.39, 0.29) is 27.3 Å². The minimum Gasteiger partial charge on any atom is -0.633 e. The van der Waals surface area contributed by atoms with Gasteiger partial charge < -0.3 is 14.6 Å². The molecule has 0 amide bonds. The Morgan fingerprint density at radius 1 is 0.972 bits per heavy atom. The highest BCUT2D eigenvalue weighted by Crippen LogP contribution is 2.69. The molecule has 6 atom stereocenters. The van der Waals surface area contributed by atoms with Crippen LogP contribution in [-0.2, 0) is 4.74 Å². The van der Waals surface area contributed by atoms with Gasteiger partial charge in [-0.2, -0.15) is 0 Å². The first-order chi connectivity index (χ1) is 17.4. The Labute approximate surface area is 215 Å². The van der Waals surface area contributed by atoms with Gasteiger partial charge in [-0.3, -0.25) is 0 Å². The van der Waals surface area contributed by atoms with Crippen LogP contribution in [0.3, 0.4) is 0 Å². The van der Waals surface area contributed by atoms with Crippen molar-refractivity contribution in [3.05, 3.63) is 76.5 Å². The van der Waals surface area contributed by atoms with Crippen LogP contribution in [0.15, 0.2) is 65.8 Å². The highest BCUT2D eigenvalue weighted by atomic mass is 16.6. The molecule has 3 aliphatic heterocycles. The van der Waals surface area contributed by atoms with Crippen LogP contribution < -0.4 is 0 Å². The fourth-order valence-corrected chi connectivity index (χ4v) is 9.99. The van der Waals surface area contributed by atoms with E-state index in [1.807, 2.05) is 0 Å². The van der Waals surface area contributed by atoms with E-state index < -0.39 is 0 Å². The summed E-state index contributed by atoms with van der Waals surface area (Å²) in [5, 5.41) is 16.4. The van der Waals surface area contributed by atoms with Crippen LogP contribution in [0.1, 0.15) is 82.6 Å². The quantitative estimate of drug-likeness (QED) is 0.327. The number of hydrogen-bond acceptors (Lipinski definition) is 2. The molecule has 2 aromatic rings. The molecule has 0 radical (unpaired) electrons. The summed E-state index contributed by atoms with van der Waals surface area (Å²) in [6, 6.07) is 16.2. The third-order valence-corrected chi connectivity index (χ3v) is 11.8. The molecular formula is C33H39NO2. The molecule has 2 spiro atoms. The lowest BCUT2D eigenvalue weighted by molar-refractivity contribution is -0.895. The number of hydrogen-bond donors (Lipinski definition) is 0. The average molecular weight is 482 g/mol. The van der Waals surface area contributed by atoms with Gasteiger partial charge in [-0.25, -0.2) is 0 Å². The molecule has 0 unspecified atom stereocenters. The van der Waals surface area contributed by atoms with Gasteiger partial charge in [-0.05, 0) is 83.3 Å². The Morgan fingerprint density at radius 2 is 1.81 bits per heavy atom. The van der Waals surface area contributed by atoms with Crippen molar-refractivity contribution in [2.24, 2.45) is 11.3 Å². The lowest BCUT2D eigenvalue weighted by atomic mass is 9.58. The van der Waals surface area contributed by atoms with Crippen molar-refractivity contribution in [1.82, 2.24) is 0 Å². The van der Waals surface area contributed by atoms with Crippen LogP contribution in [-0.4, -0.2) is 35.0 Å². The molecule has 3 heteroatoms. The number of quaternary nitrogens is 1. The van der Waals surface area contributed by atoms with Gasteiger partial charge in [0.2, 0.25) is 0 Å². The zero-order valence-electron chi connectivity index (χ0n) is 21.7. The first-order valence-electron chi connectivity index (χ1n) is 14.6. The number of nitrogens with zero attached hydrogens (tertiary/aromatic N) is 1. The van der Waals surface area contributed by atoms with E-state index >= 15 is 0 Å². The molecule has 3 aliphatic carbocycles. The topological polar surface area (TPSA) is 32.3 Å². The molecule has 188 valence electrons. The molecule has 2 saturated carbocycles. The van der Waals surface area contributed by atoms with E-state index in [2.05, 4.69) is 61.5 Å². The van der Waals surface area contributed by atoms with Crippen LogP contribution in [0.25, 0.3) is 10.8 Å². The minimum atomic E-state index is -0.169. The largest absolute Gasteiger partial charge is 0.633 e. The standard InChI is InChI=1S/C33H39NO2/c1-31-15-14-27-21-26-10-11-28(34(35)18-4-5-19-34)22-32(26)16-17-33(27,36-32)30(31)13-12-29(31)25-9-8-23-6-2-3-7-24(23)20-25/h2-3,6-9,14,20-21,28-30H,4-5,10-13,15-19,22H2,1H3/t28-,29-,30-,31-,32-,33-/m1/s1. The third kappa shape index (κ3) is 2.80. The van der Waals surface area contributed by atoms with Gasteiger partial charge in [0, 0.05) is 25.7 Å². The maximum atomic E-state index is 13.7. The molecule has 0 N–H and O–H groups in total. The van der Waals surface area contributed by atoms with E-state index in [1.54, 1.807) is 0 Å². The fourth-order valence-electron chi connectivity index (χ4n) is 9.99.